The number of fused-ring (bicyclic) bond motifs is 1. The van der Waals surface area contributed by atoms with Crippen molar-refractivity contribution in [3.63, 3.8) is 0 Å². The minimum Gasteiger partial charge on any atom is -0.368 e. The maximum atomic E-state index is 15.2. The second-order valence-corrected chi connectivity index (χ2v) is 8.39. The molecule has 0 atom stereocenters. The lowest BCUT2D eigenvalue weighted by atomic mass is 10.0. The number of nitrogens with zero attached hydrogens (tertiary/aromatic N) is 2. The Kier molecular flexibility index (Phi) is 4.83. The topological polar surface area (TPSA) is 98.0 Å². The van der Waals surface area contributed by atoms with Gasteiger partial charge in [0.15, 0.2) is 5.82 Å². The van der Waals surface area contributed by atoms with Crippen LogP contribution in [-0.4, -0.2) is 18.4 Å². The summed E-state index contributed by atoms with van der Waals surface area (Å²) in [6.07, 6.45) is 1.45. The average Bonchev–Trinajstić information content (AvgIpc) is 2.70. The molecule has 0 amide bonds. The van der Waals surface area contributed by atoms with Crippen molar-refractivity contribution in [3.8, 4) is 11.1 Å². The number of hydrogen-bond acceptors (Lipinski definition) is 5. The van der Waals surface area contributed by atoms with Crippen LogP contribution in [0.15, 0.2) is 65.7 Å². The van der Waals surface area contributed by atoms with E-state index in [4.69, 9.17) is 5.73 Å². The van der Waals surface area contributed by atoms with Gasteiger partial charge in [-0.3, -0.25) is 4.72 Å². The van der Waals surface area contributed by atoms with Gasteiger partial charge < -0.3 is 5.73 Å². The first kappa shape index (κ1) is 19.7. The van der Waals surface area contributed by atoms with Crippen molar-refractivity contribution in [2.45, 2.75) is 11.8 Å². The molecule has 0 aliphatic heterocycles. The SMILES string of the molecule is Cc1cccc(S(=O)(=O)Nc2ccc(F)c(-c3ccc4nc(N)ncc4c3)c2F)c1. The summed E-state index contributed by atoms with van der Waals surface area (Å²) in [6, 6.07) is 12.8. The largest absolute Gasteiger partial charge is 0.368 e. The minimum absolute atomic E-state index is 0.0202. The summed E-state index contributed by atoms with van der Waals surface area (Å²) < 4.78 is 57.2. The number of hydrogen-bond donors (Lipinski definition) is 2. The zero-order valence-electron chi connectivity index (χ0n) is 15.7. The Morgan fingerprint density at radius 1 is 1.03 bits per heavy atom. The summed E-state index contributed by atoms with van der Waals surface area (Å²) in [6.45, 7) is 1.74. The monoisotopic (exact) mass is 426 g/mol. The van der Waals surface area contributed by atoms with Crippen LogP contribution in [0.5, 0.6) is 0 Å². The van der Waals surface area contributed by atoms with E-state index in [1.807, 2.05) is 0 Å². The number of nitrogens with two attached hydrogens (primary N) is 1. The van der Waals surface area contributed by atoms with Gasteiger partial charge in [0, 0.05) is 11.6 Å². The van der Waals surface area contributed by atoms with Crippen molar-refractivity contribution in [1.29, 1.82) is 0 Å². The first-order chi connectivity index (χ1) is 14.2. The molecule has 0 aliphatic rings. The van der Waals surface area contributed by atoms with Crippen LogP contribution >= 0.6 is 0 Å². The molecule has 0 fully saturated rings. The second kappa shape index (κ2) is 7.34. The van der Waals surface area contributed by atoms with Gasteiger partial charge in [0.25, 0.3) is 10.0 Å². The molecule has 3 aromatic carbocycles. The normalized spacial score (nSPS) is 11.6. The van der Waals surface area contributed by atoms with E-state index in [0.717, 1.165) is 17.7 Å². The lowest BCUT2D eigenvalue weighted by Crippen LogP contribution is -2.14. The van der Waals surface area contributed by atoms with E-state index in [-0.39, 0.29) is 27.7 Å². The predicted molar refractivity (Wildman–Crippen MR) is 111 cm³/mol. The Balaban J connectivity index is 1.78. The number of nitrogens with one attached hydrogen (secondary N) is 1. The number of anilines is 2. The van der Waals surface area contributed by atoms with E-state index >= 15 is 4.39 Å². The molecular formula is C21H16F2N4O2S. The van der Waals surface area contributed by atoms with Crippen LogP contribution in [0.2, 0.25) is 0 Å². The molecule has 4 rings (SSSR count). The number of nitrogen functional groups attached to an aromatic ring is 1. The summed E-state index contributed by atoms with van der Waals surface area (Å²) in [7, 11) is -4.06. The molecule has 0 bridgehead atoms. The maximum Gasteiger partial charge on any atom is 0.261 e. The van der Waals surface area contributed by atoms with Gasteiger partial charge in [-0.1, -0.05) is 18.2 Å². The Hall–Kier alpha value is -3.59. The molecule has 30 heavy (non-hydrogen) atoms. The van der Waals surface area contributed by atoms with Crippen LogP contribution < -0.4 is 10.5 Å². The minimum atomic E-state index is -4.06. The van der Waals surface area contributed by atoms with Crippen molar-refractivity contribution < 1.29 is 17.2 Å². The molecule has 0 unspecified atom stereocenters. The van der Waals surface area contributed by atoms with Gasteiger partial charge in [0.05, 0.1) is 21.7 Å². The van der Waals surface area contributed by atoms with Gasteiger partial charge in [-0.25, -0.2) is 27.2 Å². The smallest absolute Gasteiger partial charge is 0.261 e. The standard InChI is InChI=1S/C21H16F2N4O2S/c1-12-3-2-4-15(9-12)30(28,29)27-18-8-6-16(22)19(20(18)23)13-5-7-17-14(10-13)11-25-21(24)26-17/h2-11,27H,1H3,(H2,24,25,26). The Bertz CT molecular complexity index is 1390. The third-order valence-corrected chi connectivity index (χ3v) is 5.89. The number of aromatic nitrogens is 2. The maximum absolute atomic E-state index is 15.2. The van der Waals surface area contributed by atoms with Crippen LogP contribution in [-0.2, 0) is 10.0 Å². The molecule has 9 heteroatoms. The number of halogens is 2. The van der Waals surface area contributed by atoms with Gasteiger partial charge in [-0.15, -0.1) is 0 Å². The van der Waals surface area contributed by atoms with Gasteiger partial charge >= 0.3 is 0 Å². The Labute approximate surface area is 171 Å². The second-order valence-electron chi connectivity index (χ2n) is 6.71. The van der Waals surface area contributed by atoms with Gasteiger partial charge in [0.2, 0.25) is 5.95 Å². The molecule has 1 aromatic heterocycles. The summed E-state index contributed by atoms with van der Waals surface area (Å²) in [5.74, 6) is -1.77. The van der Waals surface area contributed by atoms with E-state index in [1.165, 1.54) is 30.5 Å². The Morgan fingerprint density at radius 2 is 1.83 bits per heavy atom. The first-order valence-electron chi connectivity index (χ1n) is 8.85. The molecule has 6 nitrogen and oxygen atoms in total. The predicted octanol–water partition coefficient (Wildman–Crippen LogP) is 4.27. The molecule has 0 aliphatic carbocycles. The highest BCUT2D eigenvalue weighted by molar-refractivity contribution is 7.92. The van der Waals surface area contributed by atoms with Gasteiger partial charge in [-0.2, -0.15) is 0 Å². The van der Waals surface area contributed by atoms with Crippen molar-refractivity contribution in [3.05, 3.63) is 78.0 Å². The van der Waals surface area contributed by atoms with E-state index in [0.29, 0.717) is 10.9 Å². The lowest BCUT2D eigenvalue weighted by Gasteiger charge is -2.13. The third-order valence-electron chi connectivity index (χ3n) is 4.52. The highest BCUT2D eigenvalue weighted by atomic mass is 32.2. The van der Waals surface area contributed by atoms with Crippen LogP contribution in [0, 0.1) is 18.6 Å². The first-order valence-corrected chi connectivity index (χ1v) is 10.3. The van der Waals surface area contributed by atoms with Crippen LogP contribution in [0.25, 0.3) is 22.0 Å². The molecule has 0 saturated heterocycles. The molecule has 4 aromatic rings. The summed E-state index contributed by atoms with van der Waals surface area (Å²) >= 11 is 0. The summed E-state index contributed by atoms with van der Waals surface area (Å²) in [5, 5.41) is 0.534. The molecule has 0 radical (unpaired) electrons. The highest BCUT2D eigenvalue weighted by Gasteiger charge is 2.21. The summed E-state index contributed by atoms with van der Waals surface area (Å²) in [4.78, 5) is 7.91. The zero-order valence-corrected chi connectivity index (χ0v) is 16.5. The van der Waals surface area contributed by atoms with Gasteiger partial charge in [0.1, 0.15) is 5.82 Å². The van der Waals surface area contributed by atoms with Crippen LogP contribution in [0.1, 0.15) is 5.56 Å². The van der Waals surface area contributed by atoms with Gasteiger partial charge in [-0.05, 0) is 54.4 Å². The molecule has 152 valence electrons. The van der Waals surface area contributed by atoms with E-state index < -0.39 is 21.7 Å². The average molecular weight is 426 g/mol. The van der Waals surface area contributed by atoms with E-state index in [1.54, 1.807) is 25.1 Å². The van der Waals surface area contributed by atoms with Crippen molar-refractivity contribution in [2.75, 3.05) is 10.5 Å². The number of rotatable bonds is 4. The fraction of sp³-hybridized carbons (Fsp3) is 0.0476. The number of sulfonamides is 1. The lowest BCUT2D eigenvalue weighted by molar-refractivity contribution is 0.587. The van der Waals surface area contributed by atoms with Crippen molar-refractivity contribution >= 4 is 32.6 Å². The van der Waals surface area contributed by atoms with Crippen molar-refractivity contribution in [1.82, 2.24) is 9.97 Å². The number of aryl methyl sites for hydroxylation is 1. The molecule has 0 spiro atoms. The molecular weight excluding hydrogens is 410 g/mol. The molecule has 3 N–H and O–H groups in total. The van der Waals surface area contributed by atoms with Crippen LogP contribution in [0.3, 0.4) is 0 Å². The van der Waals surface area contributed by atoms with Crippen molar-refractivity contribution in [2.24, 2.45) is 0 Å². The fourth-order valence-electron chi connectivity index (χ4n) is 3.09. The number of benzene rings is 3. The summed E-state index contributed by atoms with van der Waals surface area (Å²) in [5.41, 5.74) is 6.29. The third kappa shape index (κ3) is 3.67. The quantitative estimate of drug-likeness (QED) is 0.508. The Morgan fingerprint density at radius 3 is 2.60 bits per heavy atom. The van der Waals surface area contributed by atoms with Crippen LogP contribution in [0.4, 0.5) is 20.4 Å². The highest BCUT2D eigenvalue weighted by Crippen LogP contribution is 2.33. The zero-order chi connectivity index (χ0) is 21.5. The fourth-order valence-corrected chi connectivity index (χ4v) is 4.25. The van der Waals surface area contributed by atoms with E-state index in [2.05, 4.69) is 14.7 Å². The molecule has 0 saturated carbocycles. The molecule has 1 heterocycles. The van der Waals surface area contributed by atoms with E-state index in [9.17, 15) is 12.8 Å².